The number of carbonyl (C=O) groups excluding carboxylic acids is 1. The average molecular weight is 411 g/mol. The van der Waals surface area contributed by atoms with Crippen molar-refractivity contribution in [2.45, 2.75) is 52.5 Å². The molecule has 1 aromatic carbocycles. The Morgan fingerprint density at radius 1 is 1.17 bits per heavy atom. The minimum Gasteiger partial charge on any atom is -0.478 e. The summed E-state index contributed by atoms with van der Waals surface area (Å²) in [6.45, 7) is 6.07. The second kappa shape index (κ2) is 8.79. The van der Waals surface area contributed by atoms with E-state index in [9.17, 15) is 14.7 Å². The predicted molar refractivity (Wildman–Crippen MR) is 115 cm³/mol. The number of aromatic carboxylic acids is 1. The third kappa shape index (κ3) is 4.51. The Morgan fingerprint density at radius 3 is 2.31 bits per heavy atom. The highest BCUT2D eigenvalue weighted by molar-refractivity contribution is 7.20. The number of anilines is 1. The zero-order valence-electron chi connectivity index (χ0n) is 17.0. The van der Waals surface area contributed by atoms with Gasteiger partial charge in [-0.1, -0.05) is 19.1 Å². The Morgan fingerprint density at radius 2 is 1.79 bits per heavy atom. The molecule has 1 heterocycles. The number of carboxylic acid groups (broad SMARTS) is 1. The Balaban J connectivity index is 1.99. The minimum absolute atomic E-state index is 0.0302. The fourth-order valence-corrected chi connectivity index (χ4v) is 5.15. The van der Waals surface area contributed by atoms with Crippen LogP contribution in [-0.4, -0.2) is 23.0 Å². The molecule has 1 amide bonds. The van der Waals surface area contributed by atoms with Crippen LogP contribution in [0.25, 0.3) is 10.4 Å². The van der Waals surface area contributed by atoms with Crippen molar-refractivity contribution in [3.63, 3.8) is 0 Å². The average Bonchev–Trinajstić information content (AvgIpc) is 3.13. The molecular weight excluding hydrogens is 384 g/mol. The second-order valence-corrected chi connectivity index (χ2v) is 9.11. The fraction of sp³-hybridized carbons (Fsp3) is 0.435. The molecule has 152 valence electrons. The van der Waals surface area contributed by atoms with Crippen molar-refractivity contribution in [2.24, 2.45) is 11.8 Å². The molecule has 0 spiro atoms. The molecule has 5 nitrogen and oxygen atoms in total. The predicted octanol–water partition coefficient (Wildman–Crippen LogP) is 5.55. The number of rotatable bonds is 5. The van der Waals surface area contributed by atoms with E-state index in [0.717, 1.165) is 36.1 Å². The van der Waals surface area contributed by atoms with E-state index in [-0.39, 0.29) is 23.4 Å². The SMILES string of the molecule is CC1CCC(C(=O)N(c2sc(-c3ccc(C#N)cc3)cc2C(=O)O)C(C)C)CC1. The molecule has 29 heavy (non-hydrogen) atoms. The maximum Gasteiger partial charge on any atom is 0.338 e. The quantitative estimate of drug-likeness (QED) is 0.700. The molecule has 1 fully saturated rings. The Kier molecular flexibility index (Phi) is 6.39. The number of carbonyl (C=O) groups is 2. The first-order valence-electron chi connectivity index (χ1n) is 10.0. The van der Waals surface area contributed by atoms with Crippen LogP contribution in [0.1, 0.15) is 62.4 Å². The maximum atomic E-state index is 13.4. The Hall–Kier alpha value is -2.65. The first-order chi connectivity index (χ1) is 13.8. The van der Waals surface area contributed by atoms with Gasteiger partial charge in [-0.05, 0) is 69.2 Å². The summed E-state index contributed by atoms with van der Waals surface area (Å²) in [6, 6.07) is 10.6. The van der Waals surface area contributed by atoms with Crippen LogP contribution >= 0.6 is 11.3 Å². The van der Waals surface area contributed by atoms with Gasteiger partial charge in [0.2, 0.25) is 5.91 Å². The van der Waals surface area contributed by atoms with E-state index in [1.807, 2.05) is 26.0 Å². The van der Waals surface area contributed by atoms with Gasteiger partial charge in [0.05, 0.1) is 17.2 Å². The van der Waals surface area contributed by atoms with E-state index in [4.69, 9.17) is 5.26 Å². The molecule has 0 aliphatic heterocycles. The molecule has 0 atom stereocenters. The van der Waals surface area contributed by atoms with E-state index in [1.54, 1.807) is 23.1 Å². The van der Waals surface area contributed by atoms with Crippen molar-refractivity contribution in [3.8, 4) is 16.5 Å². The molecule has 1 saturated carbocycles. The lowest BCUT2D eigenvalue weighted by molar-refractivity contribution is -0.123. The summed E-state index contributed by atoms with van der Waals surface area (Å²) in [5, 5.41) is 19.3. The lowest BCUT2D eigenvalue weighted by Crippen LogP contribution is -2.42. The van der Waals surface area contributed by atoms with E-state index >= 15 is 0 Å². The maximum absolute atomic E-state index is 13.4. The number of nitriles is 1. The second-order valence-electron chi connectivity index (χ2n) is 8.08. The number of hydrogen-bond donors (Lipinski definition) is 1. The summed E-state index contributed by atoms with van der Waals surface area (Å²) in [5.74, 6) is -0.406. The van der Waals surface area contributed by atoms with Gasteiger partial charge in [-0.25, -0.2) is 4.79 Å². The Bertz CT molecular complexity index is 932. The van der Waals surface area contributed by atoms with Crippen LogP contribution in [0, 0.1) is 23.2 Å². The van der Waals surface area contributed by atoms with Gasteiger partial charge in [-0.3, -0.25) is 4.79 Å². The highest BCUT2D eigenvalue weighted by atomic mass is 32.1. The molecule has 2 aromatic rings. The van der Waals surface area contributed by atoms with Crippen LogP contribution in [0.5, 0.6) is 0 Å². The summed E-state index contributed by atoms with van der Waals surface area (Å²) in [5.41, 5.74) is 1.54. The largest absolute Gasteiger partial charge is 0.478 e. The molecule has 0 bridgehead atoms. The van der Waals surface area contributed by atoms with Crippen LogP contribution in [-0.2, 0) is 4.79 Å². The summed E-state index contributed by atoms with van der Waals surface area (Å²) < 4.78 is 0. The topological polar surface area (TPSA) is 81.4 Å². The van der Waals surface area contributed by atoms with E-state index in [0.29, 0.717) is 16.5 Å². The van der Waals surface area contributed by atoms with Crippen LogP contribution < -0.4 is 4.90 Å². The van der Waals surface area contributed by atoms with Crippen molar-refractivity contribution in [3.05, 3.63) is 41.5 Å². The van der Waals surface area contributed by atoms with Crippen LogP contribution in [0.3, 0.4) is 0 Å². The number of thiophene rings is 1. The summed E-state index contributed by atoms with van der Waals surface area (Å²) in [6.07, 6.45) is 3.79. The highest BCUT2D eigenvalue weighted by Crippen LogP contribution is 2.40. The van der Waals surface area contributed by atoms with Gasteiger partial charge in [0, 0.05) is 16.8 Å². The lowest BCUT2D eigenvalue weighted by Gasteiger charge is -2.33. The first kappa shape index (κ1) is 21.1. The van der Waals surface area contributed by atoms with Crippen molar-refractivity contribution < 1.29 is 14.7 Å². The molecule has 6 heteroatoms. The zero-order valence-corrected chi connectivity index (χ0v) is 17.8. The Labute approximate surface area is 175 Å². The number of amides is 1. The smallest absolute Gasteiger partial charge is 0.338 e. The lowest BCUT2D eigenvalue weighted by atomic mass is 9.82. The van der Waals surface area contributed by atoms with Gasteiger partial charge >= 0.3 is 5.97 Å². The summed E-state index contributed by atoms with van der Waals surface area (Å²) in [4.78, 5) is 27.8. The molecule has 1 N–H and O–H groups in total. The zero-order chi connectivity index (χ0) is 21.1. The molecule has 0 unspecified atom stereocenters. The van der Waals surface area contributed by atoms with Crippen LogP contribution in [0.2, 0.25) is 0 Å². The number of benzene rings is 1. The van der Waals surface area contributed by atoms with E-state index in [2.05, 4.69) is 13.0 Å². The van der Waals surface area contributed by atoms with Crippen LogP contribution in [0.15, 0.2) is 30.3 Å². The first-order valence-corrected chi connectivity index (χ1v) is 10.8. The minimum atomic E-state index is -1.04. The van der Waals surface area contributed by atoms with E-state index < -0.39 is 5.97 Å². The van der Waals surface area contributed by atoms with Gasteiger partial charge < -0.3 is 10.0 Å². The van der Waals surface area contributed by atoms with Gasteiger partial charge in [-0.2, -0.15) is 5.26 Å². The summed E-state index contributed by atoms with van der Waals surface area (Å²) >= 11 is 1.33. The van der Waals surface area contributed by atoms with Crippen molar-refractivity contribution in [1.29, 1.82) is 5.26 Å². The summed E-state index contributed by atoms with van der Waals surface area (Å²) in [7, 11) is 0. The van der Waals surface area contributed by atoms with E-state index in [1.165, 1.54) is 11.3 Å². The number of hydrogen-bond acceptors (Lipinski definition) is 4. The molecular formula is C23H26N2O3S. The third-order valence-corrected chi connectivity index (χ3v) is 6.76. The van der Waals surface area contributed by atoms with Gasteiger partial charge in [0.15, 0.2) is 0 Å². The van der Waals surface area contributed by atoms with Crippen LogP contribution in [0.4, 0.5) is 5.00 Å². The standard InChI is InChI=1S/C23H26N2O3S/c1-14(2)25(21(26)18-8-4-15(3)5-9-18)22-19(23(27)28)12-20(29-22)17-10-6-16(13-24)7-11-17/h6-7,10-12,14-15,18H,4-5,8-9H2,1-3H3,(H,27,28). The van der Waals surface area contributed by atoms with Gasteiger partial charge in [-0.15, -0.1) is 11.3 Å². The number of carboxylic acids is 1. The third-order valence-electron chi connectivity index (χ3n) is 5.58. The van der Waals surface area contributed by atoms with Crippen molar-refractivity contribution in [2.75, 3.05) is 4.90 Å². The van der Waals surface area contributed by atoms with Gasteiger partial charge in [0.1, 0.15) is 5.00 Å². The molecule has 0 saturated heterocycles. The molecule has 1 aromatic heterocycles. The van der Waals surface area contributed by atoms with Crippen molar-refractivity contribution in [1.82, 2.24) is 0 Å². The fourth-order valence-electron chi connectivity index (χ4n) is 3.86. The molecule has 1 aliphatic rings. The molecule has 3 rings (SSSR count). The molecule has 1 aliphatic carbocycles. The monoisotopic (exact) mass is 410 g/mol. The highest BCUT2D eigenvalue weighted by Gasteiger charge is 2.33. The van der Waals surface area contributed by atoms with Gasteiger partial charge in [0.25, 0.3) is 0 Å². The molecule has 0 radical (unpaired) electrons. The number of nitrogens with zero attached hydrogens (tertiary/aromatic N) is 2. The normalized spacial score (nSPS) is 19.0. The van der Waals surface area contributed by atoms with Crippen molar-refractivity contribution >= 4 is 28.2 Å².